The number of aromatic amines is 1. The van der Waals surface area contributed by atoms with Gasteiger partial charge in [0, 0.05) is 44.4 Å². The van der Waals surface area contributed by atoms with Crippen LogP contribution in [0, 0.1) is 0 Å². The molecule has 1 aliphatic rings. The van der Waals surface area contributed by atoms with Crippen molar-refractivity contribution < 1.29 is 28.0 Å². The Balaban J connectivity index is 1.27. The minimum absolute atomic E-state index is 0.0148. The van der Waals surface area contributed by atoms with Gasteiger partial charge < -0.3 is 15.1 Å². The first kappa shape index (κ1) is 29.0. The van der Waals surface area contributed by atoms with Crippen molar-refractivity contribution in [2.75, 3.05) is 26.2 Å². The maximum Gasteiger partial charge on any atom is 0.348 e. The lowest BCUT2D eigenvalue weighted by Crippen LogP contribution is -2.48. The molecule has 42 heavy (non-hydrogen) atoms. The van der Waals surface area contributed by atoms with Crippen LogP contribution in [0.2, 0.25) is 0 Å². The predicted molar refractivity (Wildman–Crippen MR) is 154 cm³/mol. The molecule has 0 saturated carbocycles. The van der Waals surface area contributed by atoms with Gasteiger partial charge >= 0.3 is 5.69 Å². The number of piperazine rings is 1. The molecule has 12 nitrogen and oxygen atoms in total. The summed E-state index contributed by atoms with van der Waals surface area (Å²) in [7, 11) is -4.40. The van der Waals surface area contributed by atoms with Crippen LogP contribution in [0.3, 0.4) is 0 Å². The smallest absolute Gasteiger partial charge is 0.348 e. The number of phenols is 2. The number of hydrogen-bond donors (Lipinski definition) is 4. The van der Waals surface area contributed by atoms with Crippen molar-refractivity contribution in [2.24, 2.45) is 0 Å². The summed E-state index contributed by atoms with van der Waals surface area (Å²) in [6.45, 7) is 6.56. The van der Waals surface area contributed by atoms with E-state index in [9.17, 15) is 32.8 Å². The molecular weight excluding hydrogens is 562 g/mol. The highest BCUT2D eigenvalue weighted by Gasteiger charge is 2.24. The third kappa shape index (κ3) is 5.93. The zero-order valence-electron chi connectivity index (χ0n) is 23.1. The molecule has 1 aromatic heterocycles. The number of nitrogens with zero attached hydrogens (tertiary/aromatic N) is 4. The summed E-state index contributed by atoms with van der Waals surface area (Å²) in [5, 5.41) is 27.3. The summed E-state index contributed by atoms with van der Waals surface area (Å²) in [6.07, 6.45) is 0. The fourth-order valence-corrected chi connectivity index (χ4v) is 5.57. The molecule has 0 spiro atoms. The SMILES string of the molecule is CC(C)c1cc(-c2n[nH]c(=O)n2-c2ccc(CN3CCN(C(=O)c4cccc(S(=O)(=O)O)c4)CC3)cc2)c(O)cc1O. The standard InChI is InChI=1S/C29H31N5O7S/c1-18(2)23-15-24(26(36)16-25(23)35)27-30-31-29(38)34(27)21-8-6-19(7-9-21)17-32-10-12-33(13-11-32)28(37)20-4-3-5-22(14-20)42(39,40)41/h3-9,14-16,18,35-36H,10-13,17H2,1-2H3,(H,31,38)(H,39,40,41). The molecule has 13 heteroatoms. The minimum atomic E-state index is -4.40. The van der Waals surface area contributed by atoms with Gasteiger partial charge in [-0.1, -0.05) is 32.0 Å². The van der Waals surface area contributed by atoms with E-state index in [1.54, 1.807) is 23.1 Å². The van der Waals surface area contributed by atoms with E-state index in [2.05, 4.69) is 15.1 Å². The zero-order valence-corrected chi connectivity index (χ0v) is 23.9. The highest BCUT2D eigenvalue weighted by Crippen LogP contribution is 2.37. The molecule has 0 bridgehead atoms. The Morgan fingerprint density at radius 1 is 0.976 bits per heavy atom. The Kier molecular flexibility index (Phi) is 7.91. The molecule has 5 rings (SSSR count). The molecule has 1 saturated heterocycles. The molecule has 0 aliphatic carbocycles. The van der Waals surface area contributed by atoms with Gasteiger partial charge in [-0.05, 0) is 53.4 Å². The van der Waals surface area contributed by atoms with Gasteiger partial charge in [0.2, 0.25) is 0 Å². The maximum absolute atomic E-state index is 12.9. The average Bonchev–Trinajstić information content (AvgIpc) is 3.33. The van der Waals surface area contributed by atoms with Crippen LogP contribution in [0.15, 0.2) is 70.4 Å². The maximum atomic E-state index is 12.9. The number of aromatic hydroxyl groups is 2. The lowest BCUT2D eigenvalue weighted by molar-refractivity contribution is 0.0628. The Bertz CT molecular complexity index is 1790. The van der Waals surface area contributed by atoms with Crippen molar-refractivity contribution in [2.45, 2.75) is 31.2 Å². The van der Waals surface area contributed by atoms with E-state index in [0.29, 0.717) is 49.5 Å². The predicted octanol–water partition coefficient (Wildman–Crippen LogP) is 2.97. The quantitative estimate of drug-likeness (QED) is 0.235. The van der Waals surface area contributed by atoms with E-state index >= 15 is 0 Å². The molecule has 0 radical (unpaired) electrons. The average molecular weight is 594 g/mol. The summed E-state index contributed by atoms with van der Waals surface area (Å²) in [6, 6.07) is 15.6. The van der Waals surface area contributed by atoms with Crippen molar-refractivity contribution in [1.82, 2.24) is 24.6 Å². The highest BCUT2D eigenvalue weighted by atomic mass is 32.2. The molecule has 2 heterocycles. The van der Waals surface area contributed by atoms with E-state index in [0.717, 1.165) is 5.56 Å². The Labute approximate surface area is 242 Å². The number of aromatic nitrogens is 3. The number of carbonyl (C=O) groups is 1. The molecular formula is C29H31N5O7S. The first-order chi connectivity index (χ1) is 19.9. The van der Waals surface area contributed by atoms with Crippen LogP contribution in [0.5, 0.6) is 11.5 Å². The van der Waals surface area contributed by atoms with Crippen LogP contribution >= 0.6 is 0 Å². The largest absolute Gasteiger partial charge is 0.508 e. The fraction of sp³-hybridized carbons (Fsp3) is 0.276. The molecule has 1 fully saturated rings. The van der Waals surface area contributed by atoms with Crippen LogP contribution < -0.4 is 5.69 Å². The van der Waals surface area contributed by atoms with E-state index in [1.165, 1.54) is 34.9 Å². The Morgan fingerprint density at radius 2 is 1.67 bits per heavy atom. The molecule has 220 valence electrons. The number of nitrogens with one attached hydrogen (secondary N) is 1. The van der Waals surface area contributed by atoms with Crippen LogP contribution in [-0.2, 0) is 16.7 Å². The monoisotopic (exact) mass is 593 g/mol. The van der Waals surface area contributed by atoms with Crippen molar-refractivity contribution in [1.29, 1.82) is 0 Å². The van der Waals surface area contributed by atoms with Crippen molar-refractivity contribution >= 4 is 16.0 Å². The summed E-state index contributed by atoms with van der Waals surface area (Å²) < 4.78 is 33.5. The number of benzene rings is 3. The summed E-state index contributed by atoms with van der Waals surface area (Å²) in [5.74, 6) is -0.325. The number of phenolic OH excluding ortho intramolecular Hbond substituents is 2. The summed E-state index contributed by atoms with van der Waals surface area (Å²) >= 11 is 0. The zero-order chi connectivity index (χ0) is 30.2. The number of amides is 1. The lowest BCUT2D eigenvalue weighted by atomic mass is 9.98. The van der Waals surface area contributed by atoms with E-state index < -0.39 is 15.8 Å². The lowest BCUT2D eigenvalue weighted by Gasteiger charge is -2.34. The number of H-pyrrole nitrogens is 1. The van der Waals surface area contributed by atoms with Crippen LogP contribution in [0.4, 0.5) is 0 Å². The van der Waals surface area contributed by atoms with Gasteiger partial charge in [0.25, 0.3) is 16.0 Å². The number of hydrogen-bond acceptors (Lipinski definition) is 8. The first-order valence-electron chi connectivity index (χ1n) is 13.3. The number of carbonyl (C=O) groups excluding carboxylic acids is 1. The molecule has 3 aromatic carbocycles. The van der Waals surface area contributed by atoms with Gasteiger partial charge in [-0.15, -0.1) is 0 Å². The van der Waals surface area contributed by atoms with E-state index in [-0.39, 0.29) is 39.6 Å². The summed E-state index contributed by atoms with van der Waals surface area (Å²) in [5.41, 5.74) is 2.20. The van der Waals surface area contributed by atoms with Crippen LogP contribution in [-0.4, -0.2) is 79.8 Å². The van der Waals surface area contributed by atoms with E-state index in [1.807, 2.05) is 26.0 Å². The molecule has 4 N–H and O–H groups in total. The first-order valence-corrected chi connectivity index (χ1v) is 14.8. The van der Waals surface area contributed by atoms with Crippen molar-refractivity contribution in [3.05, 3.63) is 87.8 Å². The molecule has 1 aliphatic heterocycles. The van der Waals surface area contributed by atoms with Gasteiger partial charge in [0.1, 0.15) is 11.5 Å². The molecule has 1 amide bonds. The highest BCUT2D eigenvalue weighted by molar-refractivity contribution is 7.85. The second kappa shape index (κ2) is 11.4. The topological polar surface area (TPSA) is 169 Å². The third-order valence-electron chi connectivity index (χ3n) is 7.32. The van der Waals surface area contributed by atoms with Crippen LogP contribution in [0.1, 0.15) is 41.3 Å². The fourth-order valence-electron chi connectivity index (χ4n) is 5.04. The molecule has 0 unspecified atom stereocenters. The van der Waals surface area contributed by atoms with Gasteiger partial charge in [0.15, 0.2) is 5.82 Å². The van der Waals surface area contributed by atoms with Crippen molar-refractivity contribution in [3.63, 3.8) is 0 Å². The van der Waals surface area contributed by atoms with E-state index in [4.69, 9.17) is 0 Å². The van der Waals surface area contributed by atoms with Crippen molar-refractivity contribution in [3.8, 4) is 28.6 Å². The van der Waals surface area contributed by atoms with Gasteiger partial charge in [-0.25, -0.2) is 14.5 Å². The Hall–Kier alpha value is -4.46. The summed E-state index contributed by atoms with van der Waals surface area (Å²) in [4.78, 5) is 29.1. The minimum Gasteiger partial charge on any atom is -0.508 e. The van der Waals surface area contributed by atoms with Crippen LogP contribution in [0.25, 0.3) is 17.1 Å². The second-order valence-corrected chi connectivity index (χ2v) is 11.9. The Morgan fingerprint density at radius 3 is 2.31 bits per heavy atom. The molecule has 4 aromatic rings. The van der Waals surface area contributed by atoms with Gasteiger partial charge in [-0.3, -0.25) is 14.2 Å². The van der Waals surface area contributed by atoms with Gasteiger partial charge in [0.05, 0.1) is 16.1 Å². The molecule has 0 atom stereocenters. The second-order valence-electron chi connectivity index (χ2n) is 10.5. The normalized spacial score (nSPS) is 14.4. The number of rotatable bonds is 7. The van der Waals surface area contributed by atoms with Gasteiger partial charge in [-0.2, -0.15) is 13.5 Å². The third-order valence-corrected chi connectivity index (χ3v) is 8.17.